The van der Waals surface area contributed by atoms with Crippen molar-refractivity contribution in [2.45, 2.75) is 37.9 Å². The zero-order valence-electron chi connectivity index (χ0n) is 8.87. The molecule has 1 aromatic heterocycles. The molecular weight excluding hydrogens is 217 g/mol. The third-order valence-corrected chi connectivity index (χ3v) is 2.26. The molecule has 0 aliphatic heterocycles. The number of rotatable bonds is 5. The van der Waals surface area contributed by atoms with Gasteiger partial charge in [-0.05, 0) is 30.9 Å². The van der Waals surface area contributed by atoms with Crippen molar-refractivity contribution in [2.75, 3.05) is 0 Å². The first kappa shape index (κ1) is 13.0. The monoisotopic (exact) mass is 232 g/mol. The lowest BCUT2D eigenvalue weighted by Gasteiger charge is -2.12. The third kappa shape index (κ3) is 5.70. The minimum atomic E-state index is -4.08. The maximum atomic E-state index is 11.9. The van der Waals surface area contributed by atoms with Gasteiger partial charge in [-0.2, -0.15) is 13.2 Å². The number of hydrogen-bond donors (Lipinski definition) is 1. The fourth-order valence-electron chi connectivity index (χ4n) is 1.49. The molecule has 1 rings (SSSR count). The third-order valence-electron chi connectivity index (χ3n) is 2.26. The van der Waals surface area contributed by atoms with E-state index < -0.39 is 12.6 Å². The summed E-state index contributed by atoms with van der Waals surface area (Å²) in [5.41, 5.74) is 6.70. The molecule has 2 N–H and O–H groups in total. The lowest BCUT2D eigenvalue weighted by molar-refractivity contribution is -0.135. The molecule has 0 saturated heterocycles. The molecule has 0 bridgehead atoms. The molecule has 1 unspecified atom stereocenters. The van der Waals surface area contributed by atoms with Gasteiger partial charge in [-0.15, -0.1) is 0 Å². The van der Waals surface area contributed by atoms with Gasteiger partial charge in [0.05, 0.1) is 0 Å². The molecule has 16 heavy (non-hydrogen) atoms. The van der Waals surface area contributed by atoms with Crippen LogP contribution in [0.1, 0.15) is 24.8 Å². The first-order valence-electron chi connectivity index (χ1n) is 5.18. The van der Waals surface area contributed by atoms with E-state index in [1.54, 1.807) is 18.5 Å². The number of hydrogen-bond acceptors (Lipinski definition) is 2. The Bertz CT molecular complexity index is 298. The normalized spacial score (nSPS) is 13.8. The molecule has 1 heterocycles. The van der Waals surface area contributed by atoms with E-state index >= 15 is 0 Å². The molecule has 0 aliphatic rings. The van der Waals surface area contributed by atoms with Crippen LogP contribution in [0.2, 0.25) is 0 Å². The SMILES string of the molecule is NC(CCCC(F)(F)F)Cc1cccnc1. The maximum absolute atomic E-state index is 11.9. The van der Waals surface area contributed by atoms with E-state index in [-0.39, 0.29) is 12.5 Å². The summed E-state index contributed by atoms with van der Waals surface area (Å²) in [7, 11) is 0. The summed E-state index contributed by atoms with van der Waals surface area (Å²) in [5, 5.41) is 0. The second-order valence-electron chi connectivity index (χ2n) is 3.83. The lowest BCUT2D eigenvalue weighted by atomic mass is 10.0. The highest BCUT2D eigenvalue weighted by atomic mass is 19.4. The minimum Gasteiger partial charge on any atom is -0.327 e. The standard InChI is InChI=1S/C11H15F3N2/c12-11(13,14)5-1-4-10(15)7-9-3-2-6-16-8-9/h2-3,6,8,10H,1,4-5,7,15H2. The van der Waals surface area contributed by atoms with Crippen LogP contribution in [0.15, 0.2) is 24.5 Å². The predicted octanol–water partition coefficient (Wildman–Crippen LogP) is 2.68. The van der Waals surface area contributed by atoms with Gasteiger partial charge in [0.2, 0.25) is 0 Å². The van der Waals surface area contributed by atoms with Gasteiger partial charge in [-0.1, -0.05) is 6.07 Å². The van der Waals surface area contributed by atoms with E-state index in [4.69, 9.17) is 5.73 Å². The van der Waals surface area contributed by atoms with Crippen LogP contribution in [0.5, 0.6) is 0 Å². The molecule has 0 saturated carbocycles. The molecule has 2 nitrogen and oxygen atoms in total. The first-order valence-corrected chi connectivity index (χ1v) is 5.18. The zero-order valence-corrected chi connectivity index (χ0v) is 8.87. The lowest BCUT2D eigenvalue weighted by Crippen LogP contribution is -2.23. The molecule has 5 heteroatoms. The number of alkyl halides is 3. The number of nitrogens with two attached hydrogens (primary N) is 1. The number of pyridine rings is 1. The second-order valence-corrected chi connectivity index (χ2v) is 3.83. The fourth-order valence-corrected chi connectivity index (χ4v) is 1.49. The van der Waals surface area contributed by atoms with Crippen molar-refractivity contribution in [2.24, 2.45) is 5.73 Å². The van der Waals surface area contributed by atoms with E-state index in [2.05, 4.69) is 4.98 Å². The van der Waals surface area contributed by atoms with Crippen LogP contribution in [0.4, 0.5) is 13.2 Å². The van der Waals surface area contributed by atoms with Crippen LogP contribution in [-0.2, 0) is 6.42 Å². The number of aromatic nitrogens is 1. The summed E-state index contributed by atoms with van der Waals surface area (Å²) in [5.74, 6) is 0. The van der Waals surface area contributed by atoms with Crippen molar-refractivity contribution < 1.29 is 13.2 Å². The van der Waals surface area contributed by atoms with Crippen molar-refractivity contribution in [3.63, 3.8) is 0 Å². The van der Waals surface area contributed by atoms with Gasteiger partial charge in [0.1, 0.15) is 0 Å². The van der Waals surface area contributed by atoms with Crippen LogP contribution in [-0.4, -0.2) is 17.2 Å². The smallest absolute Gasteiger partial charge is 0.327 e. The van der Waals surface area contributed by atoms with Crippen LogP contribution in [0, 0.1) is 0 Å². The van der Waals surface area contributed by atoms with Crippen molar-refractivity contribution in [3.05, 3.63) is 30.1 Å². The fraction of sp³-hybridized carbons (Fsp3) is 0.545. The molecule has 0 aromatic carbocycles. The largest absolute Gasteiger partial charge is 0.389 e. The summed E-state index contributed by atoms with van der Waals surface area (Å²) >= 11 is 0. The van der Waals surface area contributed by atoms with Crippen LogP contribution >= 0.6 is 0 Å². The average Bonchev–Trinajstić information content (AvgIpc) is 2.17. The summed E-state index contributed by atoms with van der Waals surface area (Å²) < 4.78 is 35.6. The Hall–Kier alpha value is -1.10. The van der Waals surface area contributed by atoms with Gasteiger partial charge in [-0.3, -0.25) is 4.98 Å². The average molecular weight is 232 g/mol. The minimum absolute atomic E-state index is 0.0882. The van der Waals surface area contributed by atoms with Crippen LogP contribution < -0.4 is 5.73 Å². The Morgan fingerprint density at radius 2 is 2.12 bits per heavy atom. The van der Waals surface area contributed by atoms with Gasteiger partial charge in [0.15, 0.2) is 0 Å². The van der Waals surface area contributed by atoms with Crippen LogP contribution in [0.3, 0.4) is 0 Å². The van der Waals surface area contributed by atoms with Gasteiger partial charge in [-0.25, -0.2) is 0 Å². The van der Waals surface area contributed by atoms with Crippen molar-refractivity contribution in [3.8, 4) is 0 Å². The number of halogens is 3. The Labute approximate surface area is 92.7 Å². The van der Waals surface area contributed by atoms with Gasteiger partial charge in [0.25, 0.3) is 0 Å². The molecule has 0 radical (unpaired) electrons. The second kappa shape index (κ2) is 5.84. The van der Waals surface area contributed by atoms with Crippen molar-refractivity contribution >= 4 is 0 Å². The maximum Gasteiger partial charge on any atom is 0.389 e. The summed E-state index contributed by atoms with van der Waals surface area (Å²) in [6, 6.07) is 3.43. The molecule has 0 spiro atoms. The van der Waals surface area contributed by atoms with E-state index in [1.165, 1.54) is 0 Å². The van der Waals surface area contributed by atoms with E-state index in [0.29, 0.717) is 12.8 Å². The Morgan fingerprint density at radius 1 is 1.38 bits per heavy atom. The quantitative estimate of drug-likeness (QED) is 0.847. The molecule has 1 aromatic rings. The van der Waals surface area contributed by atoms with E-state index in [1.807, 2.05) is 6.07 Å². The molecule has 1 atom stereocenters. The summed E-state index contributed by atoms with van der Waals surface area (Å²) in [4.78, 5) is 3.92. The molecule has 90 valence electrons. The summed E-state index contributed by atoms with van der Waals surface area (Å²) in [6.07, 6.45) is -0.449. The van der Waals surface area contributed by atoms with Crippen molar-refractivity contribution in [1.29, 1.82) is 0 Å². The van der Waals surface area contributed by atoms with E-state index in [0.717, 1.165) is 5.56 Å². The topological polar surface area (TPSA) is 38.9 Å². The first-order chi connectivity index (χ1) is 7.47. The van der Waals surface area contributed by atoms with Crippen LogP contribution in [0.25, 0.3) is 0 Å². The summed E-state index contributed by atoms with van der Waals surface area (Å²) in [6.45, 7) is 0. The Balaban J connectivity index is 2.24. The van der Waals surface area contributed by atoms with E-state index in [9.17, 15) is 13.2 Å². The zero-order chi connectivity index (χ0) is 12.0. The van der Waals surface area contributed by atoms with Gasteiger partial charge in [0, 0.05) is 24.9 Å². The molecule has 0 amide bonds. The number of nitrogens with zero attached hydrogens (tertiary/aromatic N) is 1. The molecule has 0 aliphatic carbocycles. The predicted molar refractivity (Wildman–Crippen MR) is 55.8 cm³/mol. The highest BCUT2D eigenvalue weighted by Crippen LogP contribution is 2.22. The Morgan fingerprint density at radius 3 is 2.69 bits per heavy atom. The highest BCUT2D eigenvalue weighted by Gasteiger charge is 2.26. The molecule has 0 fully saturated rings. The Kier molecular flexibility index (Phi) is 4.73. The van der Waals surface area contributed by atoms with Crippen molar-refractivity contribution in [1.82, 2.24) is 4.98 Å². The van der Waals surface area contributed by atoms with Gasteiger partial charge < -0.3 is 5.73 Å². The molecular formula is C11H15F3N2. The highest BCUT2D eigenvalue weighted by molar-refractivity contribution is 5.09. The van der Waals surface area contributed by atoms with Gasteiger partial charge >= 0.3 is 6.18 Å².